The Bertz CT molecular complexity index is 441. The zero-order valence-electron chi connectivity index (χ0n) is 6.36. The number of thioether (sulfide) groups is 1. The summed E-state index contributed by atoms with van der Waals surface area (Å²) < 4.78 is 27.0. The van der Waals surface area contributed by atoms with Crippen LogP contribution in [0, 0.1) is 0 Å². The second-order valence-electron chi connectivity index (χ2n) is 2.45. The number of hydrogen-bond acceptors (Lipinski definition) is 4. The van der Waals surface area contributed by atoms with E-state index in [-0.39, 0.29) is 4.90 Å². The van der Waals surface area contributed by atoms with Gasteiger partial charge in [0, 0.05) is 16.7 Å². The highest BCUT2D eigenvalue weighted by molar-refractivity contribution is 8.13. The molecule has 1 aromatic rings. The van der Waals surface area contributed by atoms with Crippen LogP contribution in [0.15, 0.2) is 28.0 Å². The molecule has 13 heavy (non-hydrogen) atoms. The molecule has 0 atom stereocenters. The Labute approximate surface area is 84.5 Å². The van der Waals surface area contributed by atoms with E-state index in [4.69, 9.17) is 15.4 Å². The zero-order valence-corrected chi connectivity index (χ0v) is 8.75. The Balaban J connectivity index is 2.54. The molecule has 0 spiro atoms. The van der Waals surface area contributed by atoms with E-state index in [1.807, 2.05) is 0 Å². The first-order valence-electron chi connectivity index (χ1n) is 3.42. The Kier molecular flexibility index (Phi) is 2.17. The third-order valence-corrected chi connectivity index (χ3v) is 3.86. The fourth-order valence-corrected chi connectivity index (χ4v) is 2.53. The number of benzene rings is 1. The fraction of sp³-hybridized carbons (Fsp3) is 0.143. The molecule has 1 aliphatic heterocycles. The maximum Gasteiger partial charge on any atom is 0.261 e. The van der Waals surface area contributed by atoms with Gasteiger partial charge in [-0.3, -0.25) is 0 Å². The lowest BCUT2D eigenvalue weighted by Gasteiger charge is -1.99. The van der Waals surface area contributed by atoms with Crippen LogP contribution in [-0.2, 0) is 9.05 Å². The lowest BCUT2D eigenvalue weighted by atomic mass is 10.3. The van der Waals surface area contributed by atoms with Crippen LogP contribution >= 0.6 is 22.4 Å². The van der Waals surface area contributed by atoms with Crippen molar-refractivity contribution in [1.29, 1.82) is 0 Å². The Hall–Kier alpha value is -0.390. The molecule has 3 nitrogen and oxygen atoms in total. The number of rotatable bonds is 1. The molecule has 0 saturated carbocycles. The molecule has 0 bridgehead atoms. The molecule has 1 heterocycles. The van der Waals surface area contributed by atoms with E-state index < -0.39 is 9.05 Å². The van der Waals surface area contributed by atoms with Crippen molar-refractivity contribution in [3.8, 4) is 5.75 Å². The number of fused-ring (bicyclic) bond motifs is 1. The molecule has 0 fully saturated rings. The van der Waals surface area contributed by atoms with Gasteiger partial charge in [0.25, 0.3) is 9.05 Å². The minimum Gasteiger partial charge on any atom is -0.481 e. The first-order valence-corrected chi connectivity index (χ1v) is 6.71. The lowest BCUT2D eigenvalue weighted by molar-refractivity contribution is 0.396. The highest BCUT2D eigenvalue weighted by atomic mass is 35.7. The highest BCUT2D eigenvalue weighted by Crippen LogP contribution is 2.37. The van der Waals surface area contributed by atoms with E-state index in [2.05, 4.69) is 0 Å². The molecule has 0 N–H and O–H groups in total. The van der Waals surface area contributed by atoms with Gasteiger partial charge in [-0.25, -0.2) is 8.42 Å². The molecule has 1 aromatic carbocycles. The van der Waals surface area contributed by atoms with Gasteiger partial charge in [0.15, 0.2) is 0 Å². The third kappa shape index (κ3) is 1.77. The van der Waals surface area contributed by atoms with E-state index in [9.17, 15) is 8.42 Å². The van der Waals surface area contributed by atoms with E-state index in [0.29, 0.717) is 11.7 Å². The summed E-state index contributed by atoms with van der Waals surface area (Å²) >= 11 is 1.53. The molecule has 0 aliphatic carbocycles. The molecule has 70 valence electrons. The van der Waals surface area contributed by atoms with Gasteiger partial charge in [-0.1, -0.05) is 11.8 Å². The Morgan fingerprint density at radius 2 is 2.23 bits per heavy atom. The second-order valence-corrected chi connectivity index (χ2v) is 5.98. The molecule has 0 radical (unpaired) electrons. The SMILES string of the molecule is O=S(=O)(Cl)c1ccc2c(c1)OCS2. The molecule has 0 aromatic heterocycles. The van der Waals surface area contributed by atoms with Crippen molar-refractivity contribution in [2.24, 2.45) is 0 Å². The predicted molar refractivity (Wildman–Crippen MR) is 50.8 cm³/mol. The van der Waals surface area contributed by atoms with E-state index in [0.717, 1.165) is 4.90 Å². The van der Waals surface area contributed by atoms with Crippen LogP contribution in [0.3, 0.4) is 0 Å². The van der Waals surface area contributed by atoms with E-state index >= 15 is 0 Å². The normalized spacial score (nSPS) is 15.2. The zero-order chi connectivity index (χ0) is 9.47. The van der Waals surface area contributed by atoms with Crippen molar-refractivity contribution in [1.82, 2.24) is 0 Å². The van der Waals surface area contributed by atoms with Crippen LogP contribution in [0.2, 0.25) is 0 Å². The van der Waals surface area contributed by atoms with Crippen molar-refractivity contribution in [2.45, 2.75) is 9.79 Å². The number of halogens is 1. The van der Waals surface area contributed by atoms with Crippen LogP contribution in [-0.4, -0.2) is 14.4 Å². The topological polar surface area (TPSA) is 43.4 Å². The predicted octanol–water partition coefficient (Wildman–Crippen LogP) is 2.06. The average molecular weight is 237 g/mol. The monoisotopic (exact) mass is 236 g/mol. The van der Waals surface area contributed by atoms with Gasteiger partial charge in [-0.15, -0.1) is 0 Å². The van der Waals surface area contributed by atoms with Crippen molar-refractivity contribution in [3.05, 3.63) is 18.2 Å². The number of hydrogen-bond donors (Lipinski definition) is 0. The van der Waals surface area contributed by atoms with Gasteiger partial charge in [0.2, 0.25) is 0 Å². The third-order valence-electron chi connectivity index (χ3n) is 1.63. The molecule has 0 unspecified atom stereocenters. The fourth-order valence-electron chi connectivity index (χ4n) is 1.03. The van der Waals surface area contributed by atoms with Crippen molar-refractivity contribution in [3.63, 3.8) is 0 Å². The van der Waals surface area contributed by atoms with Crippen molar-refractivity contribution >= 4 is 31.5 Å². The lowest BCUT2D eigenvalue weighted by Crippen LogP contribution is -1.91. The summed E-state index contributed by atoms with van der Waals surface area (Å²) in [6, 6.07) is 4.61. The molecule has 0 amide bonds. The first kappa shape index (κ1) is 9.18. The van der Waals surface area contributed by atoms with Gasteiger partial charge in [-0.2, -0.15) is 0 Å². The smallest absolute Gasteiger partial charge is 0.261 e. The summed E-state index contributed by atoms with van der Waals surface area (Å²) in [7, 11) is 1.53. The van der Waals surface area contributed by atoms with Gasteiger partial charge < -0.3 is 4.74 Å². The highest BCUT2D eigenvalue weighted by Gasteiger charge is 2.17. The maximum absolute atomic E-state index is 10.9. The van der Waals surface area contributed by atoms with Crippen molar-refractivity contribution < 1.29 is 13.2 Å². The maximum atomic E-state index is 10.9. The molecular weight excluding hydrogens is 232 g/mol. The Morgan fingerprint density at radius 3 is 2.92 bits per heavy atom. The Morgan fingerprint density at radius 1 is 1.46 bits per heavy atom. The van der Waals surface area contributed by atoms with Gasteiger partial charge in [0.1, 0.15) is 11.7 Å². The minimum absolute atomic E-state index is 0.0791. The summed E-state index contributed by atoms with van der Waals surface area (Å²) in [4.78, 5) is 1.03. The van der Waals surface area contributed by atoms with E-state index in [1.165, 1.54) is 23.9 Å². The molecule has 6 heteroatoms. The summed E-state index contributed by atoms with van der Waals surface area (Å²) in [5.74, 6) is 1.12. The average Bonchev–Trinajstić information content (AvgIpc) is 2.47. The van der Waals surface area contributed by atoms with Crippen LogP contribution in [0.5, 0.6) is 5.75 Å². The molecule has 0 saturated heterocycles. The summed E-state index contributed by atoms with van der Waals surface area (Å²) in [5.41, 5.74) is 0. The molecule has 2 rings (SSSR count). The second kappa shape index (κ2) is 3.08. The largest absolute Gasteiger partial charge is 0.481 e. The van der Waals surface area contributed by atoms with Crippen LogP contribution < -0.4 is 4.74 Å². The molecular formula is C7H5ClO3S2. The summed E-state index contributed by atoms with van der Waals surface area (Å²) in [6.07, 6.45) is 0. The number of ether oxygens (including phenoxy) is 1. The molecule has 1 aliphatic rings. The summed E-state index contributed by atoms with van der Waals surface area (Å²) in [6.45, 7) is 0. The quantitative estimate of drug-likeness (QED) is 0.700. The van der Waals surface area contributed by atoms with Crippen molar-refractivity contribution in [2.75, 3.05) is 5.94 Å². The minimum atomic E-state index is -3.64. The van der Waals surface area contributed by atoms with Crippen LogP contribution in [0.4, 0.5) is 0 Å². The van der Waals surface area contributed by atoms with Gasteiger partial charge >= 0.3 is 0 Å². The van der Waals surface area contributed by atoms with Crippen LogP contribution in [0.1, 0.15) is 0 Å². The summed E-state index contributed by atoms with van der Waals surface area (Å²) in [5, 5.41) is 0. The first-order chi connectivity index (χ1) is 6.07. The van der Waals surface area contributed by atoms with E-state index in [1.54, 1.807) is 6.07 Å². The standard InChI is InChI=1S/C7H5ClO3S2/c8-13(9,10)5-1-2-7-6(3-5)11-4-12-7/h1-3H,4H2. The van der Waals surface area contributed by atoms with Gasteiger partial charge in [-0.05, 0) is 12.1 Å². The van der Waals surface area contributed by atoms with Gasteiger partial charge in [0.05, 0.1) is 9.79 Å². The van der Waals surface area contributed by atoms with Crippen LogP contribution in [0.25, 0.3) is 0 Å².